The molecule has 1 aromatic rings. The highest BCUT2D eigenvalue weighted by Crippen LogP contribution is 2.10. The average molecular weight is 251 g/mol. The van der Waals surface area contributed by atoms with Crippen molar-refractivity contribution < 1.29 is 9.53 Å². The van der Waals surface area contributed by atoms with Crippen LogP contribution in [-0.2, 0) is 4.74 Å². The zero-order valence-electron chi connectivity index (χ0n) is 10.9. The van der Waals surface area contributed by atoms with Crippen LogP contribution in [0.3, 0.4) is 0 Å². The zero-order valence-corrected chi connectivity index (χ0v) is 10.9. The Hall–Kier alpha value is -1.75. The van der Waals surface area contributed by atoms with Gasteiger partial charge in [-0.3, -0.25) is 0 Å². The molecule has 1 rings (SSSR count). The molecule has 0 aliphatic heterocycles. The van der Waals surface area contributed by atoms with Gasteiger partial charge in [0.25, 0.3) is 0 Å². The zero-order chi connectivity index (χ0) is 13.4. The van der Waals surface area contributed by atoms with Crippen LogP contribution < -0.4 is 16.4 Å². The van der Waals surface area contributed by atoms with E-state index in [1.807, 2.05) is 0 Å². The lowest BCUT2D eigenvalue weighted by Gasteiger charge is -2.17. The molecule has 0 spiro atoms. The van der Waals surface area contributed by atoms with Gasteiger partial charge < -0.3 is 21.1 Å². The average Bonchev–Trinajstić information content (AvgIpc) is 2.33. The van der Waals surface area contributed by atoms with Crippen molar-refractivity contribution in [3.8, 4) is 0 Å². The summed E-state index contributed by atoms with van der Waals surface area (Å²) in [5.41, 5.74) is 6.96. The first kappa shape index (κ1) is 14.3. The van der Waals surface area contributed by atoms with Crippen LogP contribution in [0.1, 0.15) is 19.8 Å². The van der Waals surface area contributed by atoms with Gasteiger partial charge in [-0.15, -0.1) is 0 Å². The second-order valence-electron chi connectivity index (χ2n) is 4.16. The number of nitrogen functional groups attached to an aromatic ring is 1. The highest BCUT2D eigenvalue weighted by atomic mass is 16.5. The Morgan fingerprint density at radius 1 is 1.39 bits per heavy atom. The van der Waals surface area contributed by atoms with E-state index in [1.165, 1.54) is 0 Å². The fourth-order valence-corrected chi connectivity index (χ4v) is 1.67. The van der Waals surface area contributed by atoms with Crippen LogP contribution in [-0.4, -0.2) is 25.8 Å². The van der Waals surface area contributed by atoms with E-state index in [0.29, 0.717) is 12.3 Å². The molecular formula is C13H21N3O2. The molecule has 5 heteroatoms. The van der Waals surface area contributed by atoms with Crippen LogP contribution in [0.5, 0.6) is 0 Å². The molecular weight excluding hydrogens is 230 g/mol. The molecule has 100 valence electrons. The highest BCUT2D eigenvalue weighted by molar-refractivity contribution is 5.89. The number of rotatable bonds is 6. The number of methoxy groups -OCH3 is 1. The fourth-order valence-electron chi connectivity index (χ4n) is 1.67. The molecule has 0 aliphatic carbocycles. The number of benzene rings is 1. The van der Waals surface area contributed by atoms with Crippen LogP contribution in [0, 0.1) is 0 Å². The number of anilines is 2. The van der Waals surface area contributed by atoms with E-state index >= 15 is 0 Å². The van der Waals surface area contributed by atoms with Crippen molar-refractivity contribution in [2.45, 2.75) is 25.8 Å². The molecule has 0 fully saturated rings. The Balaban J connectivity index is 2.46. The minimum absolute atomic E-state index is 0.0359. The van der Waals surface area contributed by atoms with Gasteiger partial charge in [-0.2, -0.15) is 0 Å². The standard InChI is InChI=1S/C13H21N3O2/c1-3-4-12(9-18-2)16-13(17)15-11-7-5-10(14)6-8-11/h5-8,12H,3-4,9,14H2,1-2H3,(H2,15,16,17). The summed E-state index contributed by atoms with van der Waals surface area (Å²) in [4.78, 5) is 11.7. The SMILES string of the molecule is CCCC(COC)NC(=O)Nc1ccc(N)cc1. The molecule has 1 unspecified atom stereocenters. The number of carbonyl (C=O) groups excluding carboxylic acids is 1. The number of nitrogens with one attached hydrogen (secondary N) is 2. The van der Waals surface area contributed by atoms with Crippen molar-refractivity contribution in [2.75, 3.05) is 24.8 Å². The van der Waals surface area contributed by atoms with E-state index in [-0.39, 0.29) is 12.1 Å². The number of hydrogen-bond acceptors (Lipinski definition) is 3. The van der Waals surface area contributed by atoms with Gasteiger partial charge in [-0.05, 0) is 30.7 Å². The number of nitrogens with two attached hydrogens (primary N) is 1. The van der Waals surface area contributed by atoms with Crippen LogP contribution in [0.2, 0.25) is 0 Å². The molecule has 4 N–H and O–H groups in total. The summed E-state index contributed by atoms with van der Waals surface area (Å²) < 4.78 is 5.06. The molecule has 0 bridgehead atoms. The summed E-state index contributed by atoms with van der Waals surface area (Å²) in [6, 6.07) is 6.83. The minimum Gasteiger partial charge on any atom is -0.399 e. The Kier molecular flexibility index (Phi) is 6.00. The van der Waals surface area contributed by atoms with E-state index < -0.39 is 0 Å². The normalized spacial score (nSPS) is 11.9. The summed E-state index contributed by atoms with van der Waals surface area (Å²) in [7, 11) is 1.63. The molecule has 0 aliphatic rings. The van der Waals surface area contributed by atoms with Gasteiger partial charge in [0.1, 0.15) is 0 Å². The topological polar surface area (TPSA) is 76.4 Å². The Morgan fingerprint density at radius 2 is 2.06 bits per heavy atom. The van der Waals surface area contributed by atoms with Crippen LogP contribution in [0.25, 0.3) is 0 Å². The van der Waals surface area contributed by atoms with Crippen LogP contribution >= 0.6 is 0 Å². The fraction of sp³-hybridized carbons (Fsp3) is 0.462. The molecule has 18 heavy (non-hydrogen) atoms. The lowest BCUT2D eigenvalue weighted by molar-refractivity contribution is 0.163. The number of carbonyl (C=O) groups is 1. The van der Waals surface area contributed by atoms with E-state index in [0.717, 1.165) is 18.5 Å². The van der Waals surface area contributed by atoms with Gasteiger partial charge in [0.2, 0.25) is 0 Å². The van der Waals surface area contributed by atoms with Gasteiger partial charge in [0.05, 0.1) is 12.6 Å². The Morgan fingerprint density at radius 3 is 2.61 bits per heavy atom. The van der Waals surface area contributed by atoms with Crippen molar-refractivity contribution >= 4 is 17.4 Å². The molecule has 0 saturated carbocycles. The quantitative estimate of drug-likeness (QED) is 0.678. The van der Waals surface area contributed by atoms with E-state index in [9.17, 15) is 4.79 Å². The number of hydrogen-bond donors (Lipinski definition) is 3. The van der Waals surface area contributed by atoms with Crippen molar-refractivity contribution in [1.82, 2.24) is 5.32 Å². The van der Waals surface area contributed by atoms with E-state index in [2.05, 4.69) is 17.6 Å². The molecule has 0 aromatic heterocycles. The molecule has 5 nitrogen and oxygen atoms in total. The van der Waals surface area contributed by atoms with Crippen LogP contribution in [0.15, 0.2) is 24.3 Å². The monoisotopic (exact) mass is 251 g/mol. The molecule has 0 saturated heterocycles. The summed E-state index contributed by atoms with van der Waals surface area (Å²) in [6.07, 6.45) is 1.89. The maximum Gasteiger partial charge on any atom is 0.319 e. The van der Waals surface area contributed by atoms with E-state index in [4.69, 9.17) is 10.5 Å². The van der Waals surface area contributed by atoms with Crippen LogP contribution in [0.4, 0.5) is 16.2 Å². The van der Waals surface area contributed by atoms with Crippen molar-refractivity contribution in [3.05, 3.63) is 24.3 Å². The number of ether oxygens (including phenoxy) is 1. The maximum atomic E-state index is 11.7. The van der Waals surface area contributed by atoms with Crippen molar-refractivity contribution in [3.63, 3.8) is 0 Å². The predicted molar refractivity (Wildman–Crippen MR) is 73.6 cm³/mol. The first-order valence-electron chi connectivity index (χ1n) is 6.07. The minimum atomic E-state index is -0.227. The lowest BCUT2D eigenvalue weighted by Crippen LogP contribution is -2.40. The highest BCUT2D eigenvalue weighted by Gasteiger charge is 2.10. The second kappa shape index (κ2) is 7.55. The summed E-state index contributed by atoms with van der Waals surface area (Å²) in [5, 5.41) is 5.63. The van der Waals surface area contributed by atoms with Crippen molar-refractivity contribution in [1.29, 1.82) is 0 Å². The third-order valence-electron chi connectivity index (χ3n) is 2.51. The van der Waals surface area contributed by atoms with Gasteiger partial charge in [-0.25, -0.2) is 4.79 Å². The Labute approximate surface area is 108 Å². The summed E-state index contributed by atoms with van der Waals surface area (Å²) in [5.74, 6) is 0. The third kappa shape index (κ3) is 5.05. The second-order valence-corrected chi connectivity index (χ2v) is 4.16. The summed E-state index contributed by atoms with van der Waals surface area (Å²) in [6.45, 7) is 2.59. The molecule has 0 radical (unpaired) electrons. The lowest BCUT2D eigenvalue weighted by atomic mass is 10.2. The first-order valence-corrected chi connectivity index (χ1v) is 6.07. The van der Waals surface area contributed by atoms with E-state index in [1.54, 1.807) is 31.4 Å². The molecule has 2 amide bonds. The maximum absolute atomic E-state index is 11.7. The number of urea groups is 1. The molecule has 0 heterocycles. The van der Waals surface area contributed by atoms with Gasteiger partial charge in [0.15, 0.2) is 0 Å². The van der Waals surface area contributed by atoms with Gasteiger partial charge >= 0.3 is 6.03 Å². The number of amides is 2. The molecule has 1 aromatic carbocycles. The molecule has 1 atom stereocenters. The predicted octanol–water partition coefficient (Wildman–Crippen LogP) is 2.21. The summed E-state index contributed by atoms with van der Waals surface area (Å²) >= 11 is 0. The largest absolute Gasteiger partial charge is 0.399 e. The smallest absolute Gasteiger partial charge is 0.319 e. The van der Waals surface area contributed by atoms with Gasteiger partial charge in [-0.1, -0.05) is 13.3 Å². The third-order valence-corrected chi connectivity index (χ3v) is 2.51. The van der Waals surface area contributed by atoms with Gasteiger partial charge in [0, 0.05) is 18.5 Å². The van der Waals surface area contributed by atoms with Crippen molar-refractivity contribution in [2.24, 2.45) is 0 Å². The Bertz CT molecular complexity index is 359. The first-order chi connectivity index (χ1) is 8.65.